The number of aromatic nitrogens is 1. The number of carbonyl (C=O) groups is 2. The zero-order valence-electron chi connectivity index (χ0n) is 17.6. The summed E-state index contributed by atoms with van der Waals surface area (Å²) in [4.78, 5) is 30.8. The van der Waals surface area contributed by atoms with Crippen LogP contribution in [0.1, 0.15) is 25.0 Å². The number of nitriles is 1. The molecular formula is C25H24N4O3. The Hall–Kier alpha value is -4.18. The van der Waals surface area contributed by atoms with Gasteiger partial charge in [0.2, 0.25) is 11.8 Å². The fourth-order valence-electron chi connectivity index (χ4n) is 3.05. The molecule has 0 aliphatic carbocycles. The van der Waals surface area contributed by atoms with Crippen molar-refractivity contribution in [3.63, 3.8) is 0 Å². The zero-order valence-corrected chi connectivity index (χ0v) is 17.6. The van der Waals surface area contributed by atoms with Crippen LogP contribution >= 0.6 is 0 Å². The smallest absolute Gasteiger partial charge is 0.227 e. The van der Waals surface area contributed by atoms with Crippen LogP contribution in [0.4, 0.5) is 11.4 Å². The summed E-state index contributed by atoms with van der Waals surface area (Å²) in [5.41, 5.74) is 2.11. The minimum Gasteiger partial charge on any atom is -0.487 e. The summed E-state index contributed by atoms with van der Waals surface area (Å²) in [5.74, 6) is 0.138. The van der Waals surface area contributed by atoms with Gasteiger partial charge in [-0.25, -0.2) is 0 Å². The second kappa shape index (κ2) is 11.9. The topological polar surface area (TPSA) is 95.3 Å². The molecule has 1 aromatic heterocycles. The van der Waals surface area contributed by atoms with Crippen molar-refractivity contribution in [2.24, 2.45) is 0 Å². The Morgan fingerprint density at radius 1 is 1.00 bits per heavy atom. The molecule has 2 aromatic carbocycles. The van der Waals surface area contributed by atoms with Crippen molar-refractivity contribution in [1.82, 2.24) is 4.98 Å². The van der Waals surface area contributed by atoms with Crippen molar-refractivity contribution in [2.45, 2.75) is 25.9 Å². The summed E-state index contributed by atoms with van der Waals surface area (Å²) in [7, 11) is 0. The molecule has 1 N–H and O–H groups in total. The van der Waals surface area contributed by atoms with Gasteiger partial charge < -0.3 is 15.0 Å². The monoisotopic (exact) mass is 428 g/mol. The molecule has 7 nitrogen and oxygen atoms in total. The maximum absolute atomic E-state index is 12.7. The molecule has 7 heteroatoms. The largest absolute Gasteiger partial charge is 0.487 e. The van der Waals surface area contributed by atoms with Gasteiger partial charge in [-0.15, -0.1) is 0 Å². The molecule has 0 bridgehead atoms. The fraction of sp³-hybridized carbons (Fsp3) is 0.200. The molecule has 3 aromatic rings. The minimum atomic E-state index is -0.270. The average Bonchev–Trinajstić information content (AvgIpc) is 2.83. The van der Waals surface area contributed by atoms with E-state index in [0.717, 1.165) is 5.69 Å². The van der Waals surface area contributed by atoms with E-state index in [0.29, 0.717) is 23.7 Å². The van der Waals surface area contributed by atoms with Crippen LogP contribution in [-0.2, 0) is 16.2 Å². The van der Waals surface area contributed by atoms with E-state index in [4.69, 9.17) is 10.00 Å². The lowest BCUT2D eigenvalue weighted by Gasteiger charge is -2.21. The number of benzene rings is 2. The van der Waals surface area contributed by atoms with Gasteiger partial charge in [0.25, 0.3) is 0 Å². The maximum atomic E-state index is 12.7. The Morgan fingerprint density at radius 3 is 2.56 bits per heavy atom. The molecule has 0 aliphatic rings. The molecule has 1 heterocycles. The van der Waals surface area contributed by atoms with E-state index in [1.165, 1.54) is 0 Å². The fourth-order valence-corrected chi connectivity index (χ4v) is 3.05. The van der Waals surface area contributed by atoms with Crippen LogP contribution in [0, 0.1) is 11.3 Å². The Morgan fingerprint density at radius 2 is 1.81 bits per heavy atom. The molecule has 3 rings (SSSR count). The molecule has 32 heavy (non-hydrogen) atoms. The van der Waals surface area contributed by atoms with Crippen molar-refractivity contribution in [3.05, 3.63) is 84.7 Å². The number of nitrogens with zero attached hydrogens (tertiary/aromatic N) is 3. The number of hydrogen-bond acceptors (Lipinski definition) is 5. The van der Waals surface area contributed by atoms with E-state index in [-0.39, 0.29) is 37.6 Å². The molecule has 0 saturated carbocycles. The maximum Gasteiger partial charge on any atom is 0.227 e. The van der Waals surface area contributed by atoms with Crippen LogP contribution in [0.2, 0.25) is 0 Å². The number of amides is 2. The van der Waals surface area contributed by atoms with Crippen molar-refractivity contribution in [1.29, 1.82) is 5.26 Å². The number of anilines is 2. The van der Waals surface area contributed by atoms with Crippen LogP contribution in [-0.4, -0.2) is 23.3 Å². The van der Waals surface area contributed by atoms with Crippen LogP contribution in [0.15, 0.2) is 79.0 Å². The summed E-state index contributed by atoms with van der Waals surface area (Å²) in [6, 6.07) is 23.9. The molecule has 0 radical (unpaired) electrons. The third-order valence-corrected chi connectivity index (χ3v) is 4.61. The highest BCUT2D eigenvalue weighted by Gasteiger charge is 2.16. The predicted molar refractivity (Wildman–Crippen MR) is 122 cm³/mol. The van der Waals surface area contributed by atoms with Crippen LogP contribution in [0.5, 0.6) is 5.75 Å². The first kappa shape index (κ1) is 22.5. The van der Waals surface area contributed by atoms with Crippen LogP contribution < -0.4 is 15.0 Å². The summed E-state index contributed by atoms with van der Waals surface area (Å²) in [5, 5.41) is 11.7. The third-order valence-electron chi connectivity index (χ3n) is 4.61. The lowest BCUT2D eigenvalue weighted by atomic mass is 10.2. The molecular weight excluding hydrogens is 404 g/mol. The Bertz CT molecular complexity index is 1070. The van der Waals surface area contributed by atoms with E-state index in [1.54, 1.807) is 35.4 Å². The van der Waals surface area contributed by atoms with E-state index < -0.39 is 0 Å². The Kier molecular flexibility index (Phi) is 8.34. The van der Waals surface area contributed by atoms with Crippen molar-refractivity contribution >= 4 is 23.2 Å². The molecule has 0 atom stereocenters. The Labute approximate surface area is 187 Å². The summed E-state index contributed by atoms with van der Waals surface area (Å²) >= 11 is 0. The van der Waals surface area contributed by atoms with Crippen LogP contribution in [0.3, 0.4) is 0 Å². The lowest BCUT2D eigenvalue weighted by Crippen LogP contribution is -2.32. The average molecular weight is 428 g/mol. The Balaban J connectivity index is 1.52. The van der Waals surface area contributed by atoms with Gasteiger partial charge >= 0.3 is 0 Å². The number of rotatable bonds is 10. The number of nitrogens with one attached hydrogen (secondary N) is 1. The van der Waals surface area contributed by atoms with Gasteiger partial charge in [-0.3, -0.25) is 14.6 Å². The van der Waals surface area contributed by atoms with Crippen molar-refractivity contribution < 1.29 is 14.3 Å². The summed E-state index contributed by atoms with van der Waals surface area (Å²) < 4.78 is 5.73. The first-order valence-electron chi connectivity index (χ1n) is 10.3. The molecule has 0 spiro atoms. The number of ether oxygens (including phenoxy) is 1. The van der Waals surface area contributed by atoms with Gasteiger partial charge in [-0.05, 0) is 36.4 Å². The van der Waals surface area contributed by atoms with Crippen molar-refractivity contribution in [3.8, 4) is 11.8 Å². The molecule has 0 unspecified atom stereocenters. The predicted octanol–water partition coefficient (Wildman–Crippen LogP) is 4.33. The quantitative estimate of drug-likeness (QED) is 0.519. The van der Waals surface area contributed by atoms with Gasteiger partial charge in [0.05, 0.1) is 18.2 Å². The first-order chi connectivity index (χ1) is 15.7. The minimum absolute atomic E-state index is 0.0355. The zero-order chi connectivity index (χ0) is 22.6. The summed E-state index contributed by atoms with van der Waals surface area (Å²) in [6.07, 6.45) is 2.00. The third kappa shape index (κ3) is 6.96. The second-order valence-electron chi connectivity index (χ2n) is 6.97. The summed E-state index contributed by atoms with van der Waals surface area (Å²) in [6.45, 7) is 0.612. The second-order valence-corrected chi connectivity index (χ2v) is 6.97. The van der Waals surface area contributed by atoms with Gasteiger partial charge in [0, 0.05) is 43.0 Å². The number of pyridine rings is 1. The number of hydrogen-bond donors (Lipinski definition) is 1. The number of carbonyl (C=O) groups excluding carboxylic acids is 2. The van der Waals surface area contributed by atoms with E-state index in [9.17, 15) is 9.59 Å². The number of para-hydroxylation sites is 1. The SMILES string of the molecule is N#CCCN(C(=O)CCC(=O)Nc1cccc(OCc2ccccn2)c1)c1ccccc1. The highest BCUT2D eigenvalue weighted by molar-refractivity contribution is 5.98. The molecule has 162 valence electrons. The lowest BCUT2D eigenvalue weighted by molar-refractivity contribution is -0.122. The van der Waals surface area contributed by atoms with Gasteiger partial charge in [-0.1, -0.05) is 30.3 Å². The van der Waals surface area contributed by atoms with Gasteiger partial charge in [0.1, 0.15) is 12.4 Å². The van der Waals surface area contributed by atoms with Crippen LogP contribution in [0.25, 0.3) is 0 Å². The van der Waals surface area contributed by atoms with Gasteiger partial charge in [-0.2, -0.15) is 5.26 Å². The van der Waals surface area contributed by atoms with E-state index in [1.807, 2.05) is 48.5 Å². The van der Waals surface area contributed by atoms with E-state index >= 15 is 0 Å². The molecule has 2 amide bonds. The highest BCUT2D eigenvalue weighted by Crippen LogP contribution is 2.19. The first-order valence-corrected chi connectivity index (χ1v) is 10.3. The standard InChI is InChI=1S/C25H24N4O3/c26-15-7-17-29(22-10-2-1-3-11-22)25(31)14-13-24(30)28-20-9-6-12-23(18-20)32-19-21-8-4-5-16-27-21/h1-6,8-12,16,18H,7,13-14,17,19H2,(H,28,30). The molecule has 0 saturated heterocycles. The van der Waals surface area contributed by atoms with Crippen molar-refractivity contribution in [2.75, 3.05) is 16.8 Å². The van der Waals surface area contributed by atoms with E-state index in [2.05, 4.69) is 16.4 Å². The van der Waals surface area contributed by atoms with Gasteiger partial charge in [0.15, 0.2) is 0 Å². The molecule has 0 fully saturated rings. The molecule has 0 aliphatic heterocycles. The highest BCUT2D eigenvalue weighted by atomic mass is 16.5. The normalized spacial score (nSPS) is 10.1.